The Labute approximate surface area is 165 Å². The first kappa shape index (κ1) is 20.5. The monoisotopic (exact) mass is 406 g/mol. The van der Waals surface area contributed by atoms with E-state index in [-0.39, 0.29) is 23.5 Å². The number of nitrogens with zero attached hydrogens (tertiary/aromatic N) is 1. The van der Waals surface area contributed by atoms with Crippen molar-refractivity contribution in [3.63, 3.8) is 0 Å². The van der Waals surface area contributed by atoms with Gasteiger partial charge in [-0.1, -0.05) is 0 Å². The number of hydrogen-bond donors (Lipinski definition) is 3. The van der Waals surface area contributed by atoms with Crippen molar-refractivity contribution in [1.29, 1.82) is 0 Å². The van der Waals surface area contributed by atoms with Crippen LogP contribution >= 0.6 is 0 Å². The van der Waals surface area contributed by atoms with E-state index >= 15 is 0 Å². The summed E-state index contributed by atoms with van der Waals surface area (Å²) in [5.74, 6) is -0.222. The summed E-state index contributed by atoms with van der Waals surface area (Å²) in [6.45, 7) is 3.44. The Morgan fingerprint density at radius 2 is 2.11 bits per heavy atom. The molecule has 152 valence electrons. The van der Waals surface area contributed by atoms with Crippen molar-refractivity contribution in [2.45, 2.75) is 43.6 Å². The van der Waals surface area contributed by atoms with Crippen LogP contribution in [0.4, 0.5) is 0 Å². The molecule has 2 aromatic rings. The van der Waals surface area contributed by atoms with E-state index in [1.165, 1.54) is 24.3 Å². The second kappa shape index (κ2) is 9.31. The number of nitrogens with one attached hydrogen (secondary N) is 3. The molecular weight excluding hydrogens is 380 g/mol. The second-order valence-corrected chi connectivity index (χ2v) is 8.66. The fraction of sp³-hybridized carbons (Fsp3) is 0.474. The first-order valence-corrected chi connectivity index (χ1v) is 10.9. The zero-order chi connectivity index (χ0) is 20.0. The molecule has 3 N–H and O–H groups in total. The first-order valence-electron chi connectivity index (χ1n) is 9.44. The summed E-state index contributed by atoms with van der Waals surface area (Å²) in [6, 6.07) is 5.94. The van der Waals surface area contributed by atoms with Crippen molar-refractivity contribution in [3.05, 3.63) is 47.3 Å². The van der Waals surface area contributed by atoms with Crippen LogP contribution in [-0.4, -0.2) is 50.3 Å². The van der Waals surface area contributed by atoms with Crippen LogP contribution in [0.3, 0.4) is 0 Å². The summed E-state index contributed by atoms with van der Waals surface area (Å²) in [6.07, 6.45) is 5.18. The Morgan fingerprint density at radius 3 is 2.75 bits per heavy atom. The predicted molar refractivity (Wildman–Crippen MR) is 105 cm³/mol. The fourth-order valence-corrected chi connectivity index (χ4v) is 4.15. The van der Waals surface area contributed by atoms with Crippen molar-refractivity contribution < 1.29 is 17.9 Å². The van der Waals surface area contributed by atoms with Gasteiger partial charge in [-0.05, 0) is 62.4 Å². The number of amides is 1. The number of hydrogen-bond acceptors (Lipinski definition) is 5. The third-order valence-corrected chi connectivity index (χ3v) is 6.23. The normalized spacial score (nSPS) is 17.0. The van der Waals surface area contributed by atoms with E-state index in [2.05, 4.69) is 20.2 Å². The average molecular weight is 407 g/mol. The lowest BCUT2D eigenvalue weighted by Crippen LogP contribution is -2.32. The van der Waals surface area contributed by atoms with Gasteiger partial charge in [0.1, 0.15) is 0 Å². The summed E-state index contributed by atoms with van der Waals surface area (Å²) in [4.78, 5) is 12.4. The zero-order valence-corrected chi connectivity index (χ0v) is 16.7. The summed E-state index contributed by atoms with van der Waals surface area (Å²) in [5, 5.41) is 9.71. The lowest BCUT2D eigenvalue weighted by Gasteiger charge is -2.11. The van der Waals surface area contributed by atoms with E-state index in [1.807, 2.05) is 6.92 Å². The molecule has 2 heterocycles. The molecule has 1 fully saturated rings. The number of ether oxygens (including phenoxy) is 1. The largest absolute Gasteiger partial charge is 0.377 e. The van der Waals surface area contributed by atoms with Gasteiger partial charge in [-0.25, -0.2) is 13.1 Å². The maximum Gasteiger partial charge on any atom is 0.251 e. The number of carbonyl (C=O) groups is 1. The van der Waals surface area contributed by atoms with Gasteiger partial charge in [0.15, 0.2) is 0 Å². The number of sulfonamides is 1. The van der Waals surface area contributed by atoms with E-state index in [0.717, 1.165) is 36.9 Å². The van der Waals surface area contributed by atoms with Crippen LogP contribution in [0.15, 0.2) is 35.4 Å². The molecule has 0 aliphatic carbocycles. The van der Waals surface area contributed by atoms with Crippen LogP contribution in [0.1, 0.15) is 40.9 Å². The van der Waals surface area contributed by atoms with Gasteiger partial charge in [0.2, 0.25) is 10.0 Å². The highest BCUT2D eigenvalue weighted by Crippen LogP contribution is 2.14. The van der Waals surface area contributed by atoms with E-state index in [9.17, 15) is 13.2 Å². The smallest absolute Gasteiger partial charge is 0.251 e. The molecular formula is C19H26N4O4S. The standard InChI is InChI=1S/C19H26N4O4S/c1-14-16(12-21-23-14)4-2-10-20-19(24)15-6-8-18(9-7-15)28(25,26)22-13-17-5-3-11-27-17/h6-9,12,17,22H,2-5,10-11,13H2,1H3,(H,20,24)(H,21,23). The van der Waals surface area contributed by atoms with Crippen LogP contribution in [0.5, 0.6) is 0 Å². The van der Waals surface area contributed by atoms with Crippen molar-refractivity contribution in [1.82, 2.24) is 20.2 Å². The molecule has 0 bridgehead atoms. The molecule has 0 spiro atoms. The minimum absolute atomic E-state index is 0.0642. The highest BCUT2D eigenvalue weighted by atomic mass is 32.2. The molecule has 1 unspecified atom stereocenters. The van der Waals surface area contributed by atoms with Crippen molar-refractivity contribution >= 4 is 15.9 Å². The summed E-state index contributed by atoms with van der Waals surface area (Å²) < 4.78 is 32.7. The first-order chi connectivity index (χ1) is 13.5. The lowest BCUT2D eigenvalue weighted by molar-refractivity contribution is 0.0953. The molecule has 1 aliphatic rings. The molecule has 9 heteroatoms. The zero-order valence-electron chi connectivity index (χ0n) is 15.9. The van der Waals surface area contributed by atoms with Crippen molar-refractivity contribution in [3.8, 4) is 0 Å². The number of carbonyl (C=O) groups excluding carboxylic acids is 1. The number of aromatic nitrogens is 2. The third-order valence-electron chi connectivity index (χ3n) is 4.79. The molecule has 3 rings (SSSR count). The minimum atomic E-state index is -3.61. The van der Waals surface area contributed by atoms with Gasteiger partial charge in [0.05, 0.1) is 17.2 Å². The molecule has 28 heavy (non-hydrogen) atoms. The molecule has 1 aromatic heterocycles. The molecule has 0 saturated carbocycles. The summed E-state index contributed by atoms with van der Waals surface area (Å²) in [5.41, 5.74) is 2.60. The number of rotatable bonds is 9. The van der Waals surface area contributed by atoms with Gasteiger partial charge < -0.3 is 10.1 Å². The summed E-state index contributed by atoms with van der Waals surface area (Å²) >= 11 is 0. The minimum Gasteiger partial charge on any atom is -0.377 e. The van der Waals surface area contributed by atoms with E-state index < -0.39 is 10.0 Å². The van der Waals surface area contributed by atoms with Crippen molar-refractivity contribution in [2.24, 2.45) is 0 Å². The number of benzene rings is 1. The fourth-order valence-electron chi connectivity index (χ4n) is 3.09. The van der Waals surface area contributed by atoms with E-state index in [1.54, 1.807) is 6.20 Å². The molecule has 8 nitrogen and oxygen atoms in total. The summed E-state index contributed by atoms with van der Waals surface area (Å²) in [7, 11) is -3.61. The van der Waals surface area contributed by atoms with Crippen molar-refractivity contribution in [2.75, 3.05) is 19.7 Å². The van der Waals surface area contributed by atoms with Gasteiger partial charge in [-0.3, -0.25) is 9.89 Å². The number of aromatic amines is 1. The Bertz CT molecular complexity index is 887. The average Bonchev–Trinajstić information content (AvgIpc) is 3.35. The Morgan fingerprint density at radius 1 is 1.32 bits per heavy atom. The van der Waals surface area contributed by atoms with Gasteiger partial charge in [-0.15, -0.1) is 0 Å². The highest BCUT2D eigenvalue weighted by Gasteiger charge is 2.20. The second-order valence-electron chi connectivity index (χ2n) is 6.89. The number of aryl methyl sites for hydroxylation is 2. The van der Waals surface area contributed by atoms with E-state index in [0.29, 0.717) is 18.7 Å². The van der Waals surface area contributed by atoms with Gasteiger partial charge in [0, 0.05) is 31.0 Å². The maximum absolute atomic E-state index is 12.3. The molecule has 1 atom stereocenters. The van der Waals surface area contributed by atoms with Crippen LogP contribution in [-0.2, 0) is 21.2 Å². The lowest BCUT2D eigenvalue weighted by atomic mass is 10.1. The third kappa shape index (κ3) is 5.40. The predicted octanol–water partition coefficient (Wildman–Crippen LogP) is 1.54. The topological polar surface area (TPSA) is 113 Å². The van der Waals surface area contributed by atoms with Gasteiger partial charge >= 0.3 is 0 Å². The van der Waals surface area contributed by atoms with Gasteiger partial charge in [0.25, 0.3) is 5.91 Å². The number of H-pyrrole nitrogens is 1. The van der Waals surface area contributed by atoms with Crippen LogP contribution < -0.4 is 10.0 Å². The Hall–Kier alpha value is -2.23. The SMILES string of the molecule is Cc1[nH]ncc1CCCNC(=O)c1ccc(S(=O)(=O)NCC2CCCO2)cc1. The van der Waals surface area contributed by atoms with Gasteiger partial charge in [-0.2, -0.15) is 5.10 Å². The Balaban J connectivity index is 1.47. The van der Waals surface area contributed by atoms with Crippen LogP contribution in [0.2, 0.25) is 0 Å². The molecule has 0 radical (unpaired) electrons. The molecule has 1 aliphatic heterocycles. The van der Waals surface area contributed by atoms with Crippen LogP contribution in [0.25, 0.3) is 0 Å². The maximum atomic E-state index is 12.3. The quantitative estimate of drug-likeness (QED) is 0.547. The van der Waals surface area contributed by atoms with Crippen LogP contribution in [0, 0.1) is 6.92 Å². The Kier molecular flexibility index (Phi) is 6.82. The molecule has 1 aromatic carbocycles. The highest BCUT2D eigenvalue weighted by molar-refractivity contribution is 7.89. The molecule has 1 saturated heterocycles. The van der Waals surface area contributed by atoms with E-state index in [4.69, 9.17) is 4.74 Å². The molecule has 1 amide bonds.